The highest BCUT2D eigenvalue weighted by atomic mass is 16.3. The van der Waals surface area contributed by atoms with Crippen molar-refractivity contribution in [2.75, 3.05) is 0 Å². The lowest BCUT2D eigenvalue weighted by molar-refractivity contribution is -0.0423. The zero-order chi connectivity index (χ0) is 10.1. The van der Waals surface area contributed by atoms with Gasteiger partial charge in [0.15, 0.2) is 0 Å². The van der Waals surface area contributed by atoms with E-state index in [1.165, 1.54) is 25.7 Å². The minimum absolute atomic E-state index is 0.178. The first-order valence-electron chi connectivity index (χ1n) is 5.60. The van der Waals surface area contributed by atoms with Crippen LogP contribution in [0.1, 0.15) is 59.8 Å². The summed E-state index contributed by atoms with van der Waals surface area (Å²) in [5.74, 6) is 0.758. The van der Waals surface area contributed by atoms with Gasteiger partial charge in [0.25, 0.3) is 0 Å². The van der Waals surface area contributed by atoms with Gasteiger partial charge in [0.05, 0.1) is 5.60 Å². The largest absolute Gasteiger partial charge is 0.390 e. The van der Waals surface area contributed by atoms with E-state index in [0.29, 0.717) is 0 Å². The van der Waals surface area contributed by atoms with E-state index < -0.39 is 5.60 Å². The van der Waals surface area contributed by atoms with Gasteiger partial charge in [-0.1, -0.05) is 27.2 Å². The summed E-state index contributed by atoms with van der Waals surface area (Å²) >= 11 is 0. The SMILES string of the molecule is CC(C)CCC1(C)CCCC1(C)O. The van der Waals surface area contributed by atoms with E-state index in [4.69, 9.17) is 0 Å². The van der Waals surface area contributed by atoms with Crippen LogP contribution in [0.4, 0.5) is 0 Å². The van der Waals surface area contributed by atoms with E-state index >= 15 is 0 Å². The van der Waals surface area contributed by atoms with Crippen LogP contribution in [0.5, 0.6) is 0 Å². The first-order chi connectivity index (χ1) is 5.87. The second kappa shape index (κ2) is 3.61. The molecular formula is C12H24O. The number of rotatable bonds is 3. The molecule has 0 aromatic carbocycles. The summed E-state index contributed by atoms with van der Waals surface area (Å²) in [6.07, 6.45) is 5.81. The Labute approximate surface area is 82.5 Å². The Morgan fingerprint density at radius 1 is 1.23 bits per heavy atom. The minimum atomic E-state index is -0.415. The Morgan fingerprint density at radius 3 is 2.23 bits per heavy atom. The molecule has 1 fully saturated rings. The summed E-state index contributed by atoms with van der Waals surface area (Å²) < 4.78 is 0. The molecule has 0 spiro atoms. The van der Waals surface area contributed by atoms with Crippen LogP contribution in [0.2, 0.25) is 0 Å². The van der Waals surface area contributed by atoms with Crippen molar-refractivity contribution in [2.45, 2.75) is 65.4 Å². The molecule has 1 heteroatoms. The van der Waals surface area contributed by atoms with E-state index in [1.807, 2.05) is 6.92 Å². The molecule has 1 saturated carbocycles. The van der Waals surface area contributed by atoms with Crippen molar-refractivity contribution in [1.82, 2.24) is 0 Å². The highest BCUT2D eigenvalue weighted by Gasteiger charge is 2.46. The molecule has 1 rings (SSSR count). The van der Waals surface area contributed by atoms with Crippen LogP contribution in [0.3, 0.4) is 0 Å². The highest BCUT2D eigenvalue weighted by molar-refractivity contribution is 4.98. The van der Waals surface area contributed by atoms with Gasteiger partial charge >= 0.3 is 0 Å². The molecule has 0 amide bonds. The Morgan fingerprint density at radius 2 is 1.85 bits per heavy atom. The monoisotopic (exact) mass is 184 g/mol. The maximum atomic E-state index is 10.2. The third-order valence-corrected chi connectivity index (χ3v) is 3.97. The van der Waals surface area contributed by atoms with Crippen molar-refractivity contribution in [1.29, 1.82) is 0 Å². The smallest absolute Gasteiger partial charge is 0.0673 e. The summed E-state index contributed by atoms with van der Waals surface area (Å²) in [5, 5.41) is 10.2. The maximum Gasteiger partial charge on any atom is 0.0673 e. The first kappa shape index (κ1) is 11.0. The standard InChI is InChI=1S/C12H24O/c1-10(2)6-9-11(3)7-5-8-12(11,4)13/h10,13H,5-9H2,1-4H3. The summed E-state index contributed by atoms with van der Waals surface area (Å²) in [4.78, 5) is 0. The molecule has 78 valence electrons. The summed E-state index contributed by atoms with van der Waals surface area (Å²) in [7, 11) is 0. The van der Waals surface area contributed by atoms with E-state index in [2.05, 4.69) is 20.8 Å². The predicted molar refractivity (Wildman–Crippen MR) is 56.7 cm³/mol. The normalized spacial score (nSPS) is 40.2. The average molecular weight is 184 g/mol. The zero-order valence-corrected chi connectivity index (χ0v) is 9.56. The van der Waals surface area contributed by atoms with Gasteiger partial charge in [0, 0.05) is 0 Å². The fourth-order valence-electron chi connectivity index (χ4n) is 2.40. The molecule has 0 aromatic rings. The van der Waals surface area contributed by atoms with E-state index in [9.17, 15) is 5.11 Å². The van der Waals surface area contributed by atoms with Gasteiger partial charge in [-0.3, -0.25) is 0 Å². The summed E-state index contributed by atoms with van der Waals surface area (Å²) in [6.45, 7) is 8.78. The van der Waals surface area contributed by atoms with Crippen LogP contribution in [0.15, 0.2) is 0 Å². The number of aliphatic hydroxyl groups is 1. The zero-order valence-electron chi connectivity index (χ0n) is 9.56. The van der Waals surface area contributed by atoms with Gasteiger partial charge in [0.1, 0.15) is 0 Å². The van der Waals surface area contributed by atoms with Crippen LogP contribution in [-0.2, 0) is 0 Å². The molecule has 0 bridgehead atoms. The Kier molecular flexibility index (Phi) is 3.06. The fraction of sp³-hybridized carbons (Fsp3) is 1.00. The van der Waals surface area contributed by atoms with Crippen LogP contribution >= 0.6 is 0 Å². The second-order valence-electron chi connectivity index (χ2n) is 5.62. The molecule has 2 unspecified atom stereocenters. The van der Waals surface area contributed by atoms with Crippen molar-refractivity contribution < 1.29 is 5.11 Å². The summed E-state index contributed by atoms with van der Waals surface area (Å²) in [6, 6.07) is 0. The Hall–Kier alpha value is -0.0400. The third kappa shape index (κ3) is 2.25. The van der Waals surface area contributed by atoms with Gasteiger partial charge in [-0.25, -0.2) is 0 Å². The van der Waals surface area contributed by atoms with Gasteiger partial charge < -0.3 is 5.11 Å². The maximum absolute atomic E-state index is 10.2. The minimum Gasteiger partial charge on any atom is -0.390 e. The second-order valence-corrected chi connectivity index (χ2v) is 5.62. The first-order valence-corrected chi connectivity index (χ1v) is 5.60. The van der Waals surface area contributed by atoms with Crippen LogP contribution in [0.25, 0.3) is 0 Å². The number of hydrogen-bond donors (Lipinski definition) is 1. The Bertz CT molecular complexity index is 172. The molecule has 1 aliphatic carbocycles. The fourth-order valence-corrected chi connectivity index (χ4v) is 2.40. The molecule has 1 N–H and O–H groups in total. The van der Waals surface area contributed by atoms with E-state index in [0.717, 1.165) is 12.3 Å². The molecule has 0 aromatic heterocycles. The predicted octanol–water partition coefficient (Wildman–Crippen LogP) is 3.36. The van der Waals surface area contributed by atoms with Crippen molar-refractivity contribution in [3.63, 3.8) is 0 Å². The molecule has 0 heterocycles. The quantitative estimate of drug-likeness (QED) is 0.713. The molecule has 1 nitrogen and oxygen atoms in total. The molecule has 13 heavy (non-hydrogen) atoms. The van der Waals surface area contributed by atoms with Gasteiger partial charge in [-0.05, 0) is 43.9 Å². The molecule has 2 atom stereocenters. The van der Waals surface area contributed by atoms with Gasteiger partial charge in [0.2, 0.25) is 0 Å². The molecule has 0 aliphatic heterocycles. The highest BCUT2D eigenvalue weighted by Crippen LogP contribution is 2.49. The van der Waals surface area contributed by atoms with E-state index in [-0.39, 0.29) is 5.41 Å². The molecular weight excluding hydrogens is 160 g/mol. The summed E-state index contributed by atoms with van der Waals surface area (Å²) in [5.41, 5.74) is -0.237. The molecule has 0 radical (unpaired) electrons. The lowest BCUT2D eigenvalue weighted by Crippen LogP contribution is -2.38. The van der Waals surface area contributed by atoms with Crippen LogP contribution in [0, 0.1) is 11.3 Å². The average Bonchev–Trinajstić information content (AvgIpc) is 2.24. The lowest BCUT2D eigenvalue weighted by Gasteiger charge is -2.37. The van der Waals surface area contributed by atoms with Crippen molar-refractivity contribution in [3.05, 3.63) is 0 Å². The lowest BCUT2D eigenvalue weighted by atomic mass is 9.73. The molecule has 0 saturated heterocycles. The van der Waals surface area contributed by atoms with Gasteiger partial charge in [-0.2, -0.15) is 0 Å². The Balaban J connectivity index is 2.54. The molecule has 1 aliphatic rings. The van der Waals surface area contributed by atoms with Crippen LogP contribution < -0.4 is 0 Å². The third-order valence-electron chi connectivity index (χ3n) is 3.97. The van der Waals surface area contributed by atoms with E-state index in [1.54, 1.807) is 0 Å². The number of hydrogen-bond acceptors (Lipinski definition) is 1. The van der Waals surface area contributed by atoms with Crippen molar-refractivity contribution >= 4 is 0 Å². The van der Waals surface area contributed by atoms with Crippen molar-refractivity contribution in [2.24, 2.45) is 11.3 Å². The van der Waals surface area contributed by atoms with Gasteiger partial charge in [-0.15, -0.1) is 0 Å². The topological polar surface area (TPSA) is 20.2 Å². The van der Waals surface area contributed by atoms with Crippen molar-refractivity contribution in [3.8, 4) is 0 Å². The van der Waals surface area contributed by atoms with Crippen LogP contribution in [-0.4, -0.2) is 10.7 Å².